The third-order valence-electron chi connectivity index (χ3n) is 3.96. The first-order chi connectivity index (χ1) is 11.9. The molecule has 0 saturated carbocycles. The maximum atomic E-state index is 12.1. The fourth-order valence-electron chi connectivity index (χ4n) is 2.19. The van der Waals surface area contributed by atoms with Crippen molar-refractivity contribution in [2.24, 2.45) is 0 Å². The number of thioether (sulfide) groups is 1. The summed E-state index contributed by atoms with van der Waals surface area (Å²) in [5, 5.41) is 0.786. The molecule has 0 unspecified atom stereocenters. The number of rotatable bonds is 7. The van der Waals surface area contributed by atoms with Gasteiger partial charge in [-0.25, -0.2) is 9.97 Å². The van der Waals surface area contributed by atoms with Crippen LogP contribution in [0.25, 0.3) is 0 Å². The minimum absolute atomic E-state index is 0.0521. The highest BCUT2D eigenvalue weighted by atomic mass is 32.2. The van der Waals surface area contributed by atoms with Crippen molar-refractivity contribution in [2.45, 2.75) is 31.2 Å². The van der Waals surface area contributed by atoms with Gasteiger partial charge in [0.2, 0.25) is 0 Å². The lowest BCUT2D eigenvalue weighted by Gasteiger charge is -2.14. The smallest absolute Gasteiger partial charge is 0.253 e. The van der Waals surface area contributed by atoms with Crippen molar-refractivity contribution < 1.29 is 4.79 Å². The van der Waals surface area contributed by atoms with Crippen LogP contribution in [0.5, 0.6) is 0 Å². The van der Waals surface area contributed by atoms with Crippen molar-refractivity contribution in [2.75, 3.05) is 32.6 Å². The van der Waals surface area contributed by atoms with Gasteiger partial charge in [0.05, 0.1) is 0 Å². The molecule has 1 amide bonds. The first-order valence-corrected chi connectivity index (χ1v) is 9.45. The summed E-state index contributed by atoms with van der Waals surface area (Å²) < 4.78 is 0. The van der Waals surface area contributed by atoms with Gasteiger partial charge in [0.25, 0.3) is 5.91 Å². The van der Waals surface area contributed by atoms with E-state index in [1.165, 1.54) is 0 Å². The summed E-state index contributed by atoms with van der Waals surface area (Å²) in [4.78, 5) is 25.0. The molecule has 0 spiro atoms. The summed E-state index contributed by atoms with van der Waals surface area (Å²) in [5.41, 5.74) is 2.92. The SMILES string of the molecule is CCc1cc(N(C)C)nc(SCc2ccc(C(=O)N(C)CC)cc2)n1. The largest absolute Gasteiger partial charge is 0.363 e. The number of benzene rings is 1. The number of amides is 1. The average molecular weight is 359 g/mol. The second kappa shape index (κ2) is 8.85. The Morgan fingerprint density at radius 1 is 1.08 bits per heavy atom. The summed E-state index contributed by atoms with van der Waals surface area (Å²) in [5.74, 6) is 1.76. The summed E-state index contributed by atoms with van der Waals surface area (Å²) in [6.45, 7) is 4.77. The molecular weight excluding hydrogens is 332 g/mol. The monoisotopic (exact) mass is 358 g/mol. The van der Waals surface area contributed by atoms with E-state index in [4.69, 9.17) is 0 Å². The predicted octanol–water partition coefficient (Wildman–Crippen LogP) is 3.49. The molecular formula is C19H26N4OS. The molecule has 1 aromatic carbocycles. The Hall–Kier alpha value is -2.08. The highest BCUT2D eigenvalue weighted by molar-refractivity contribution is 7.98. The molecule has 0 bridgehead atoms. The highest BCUT2D eigenvalue weighted by Gasteiger charge is 2.10. The normalized spacial score (nSPS) is 10.6. The standard InChI is InChI=1S/C19H26N4OS/c1-6-16-12-17(22(3)4)21-19(20-16)25-13-14-8-10-15(11-9-14)18(24)23(5)7-2/h8-12H,6-7,13H2,1-5H3. The zero-order chi connectivity index (χ0) is 18.4. The number of carbonyl (C=O) groups is 1. The summed E-state index contributed by atoms with van der Waals surface area (Å²) >= 11 is 1.62. The molecule has 0 radical (unpaired) electrons. The van der Waals surface area contributed by atoms with E-state index in [9.17, 15) is 4.79 Å². The van der Waals surface area contributed by atoms with Crippen LogP contribution in [0.2, 0.25) is 0 Å². The molecule has 1 heterocycles. The third kappa shape index (κ3) is 5.19. The summed E-state index contributed by atoms with van der Waals surface area (Å²) in [6.07, 6.45) is 0.888. The second-order valence-corrected chi connectivity index (χ2v) is 7.00. The van der Waals surface area contributed by atoms with Gasteiger partial charge in [0, 0.05) is 50.8 Å². The van der Waals surface area contributed by atoms with Crippen molar-refractivity contribution in [1.29, 1.82) is 0 Å². The maximum Gasteiger partial charge on any atom is 0.253 e. The van der Waals surface area contributed by atoms with Crippen molar-refractivity contribution in [3.63, 3.8) is 0 Å². The van der Waals surface area contributed by atoms with Crippen LogP contribution in [0.1, 0.15) is 35.5 Å². The zero-order valence-electron chi connectivity index (χ0n) is 15.6. The van der Waals surface area contributed by atoms with E-state index in [0.717, 1.165) is 40.0 Å². The molecule has 0 aliphatic rings. The van der Waals surface area contributed by atoms with Gasteiger partial charge in [-0.2, -0.15) is 0 Å². The lowest BCUT2D eigenvalue weighted by atomic mass is 10.1. The Morgan fingerprint density at radius 3 is 2.32 bits per heavy atom. The maximum absolute atomic E-state index is 12.1. The van der Waals surface area contributed by atoms with Crippen LogP contribution >= 0.6 is 11.8 Å². The number of hydrogen-bond acceptors (Lipinski definition) is 5. The van der Waals surface area contributed by atoms with Crippen LogP contribution < -0.4 is 4.90 Å². The van der Waals surface area contributed by atoms with Gasteiger partial charge in [-0.3, -0.25) is 4.79 Å². The molecule has 0 N–H and O–H groups in total. The van der Waals surface area contributed by atoms with Crippen molar-refractivity contribution in [1.82, 2.24) is 14.9 Å². The quantitative estimate of drug-likeness (QED) is 0.560. The van der Waals surface area contributed by atoms with Crippen LogP contribution in [0.4, 0.5) is 5.82 Å². The number of hydrogen-bond donors (Lipinski definition) is 0. The van der Waals surface area contributed by atoms with Gasteiger partial charge in [0.1, 0.15) is 5.82 Å². The van der Waals surface area contributed by atoms with E-state index in [-0.39, 0.29) is 5.91 Å². The van der Waals surface area contributed by atoms with E-state index in [1.54, 1.807) is 16.7 Å². The van der Waals surface area contributed by atoms with Crippen LogP contribution in [0.15, 0.2) is 35.5 Å². The molecule has 25 heavy (non-hydrogen) atoms. The molecule has 0 atom stereocenters. The van der Waals surface area contributed by atoms with Crippen molar-refractivity contribution in [3.8, 4) is 0 Å². The topological polar surface area (TPSA) is 49.3 Å². The second-order valence-electron chi connectivity index (χ2n) is 6.05. The van der Waals surface area contributed by atoms with Gasteiger partial charge in [-0.15, -0.1) is 0 Å². The van der Waals surface area contributed by atoms with E-state index in [2.05, 4.69) is 16.9 Å². The fourth-order valence-corrected chi connectivity index (χ4v) is 3.02. The molecule has 6 heteroatoms. The first kappa shape index (κ1) is 19.2. The van der Waals surface area contributed by atoms with Crippen LogP contribution in [-0.4, -0.2) is 48.5 Å². The number of aryl methyl sites for hydroxylation is 1. The van der Waals surface area contributed by atoms with E-state index >= 15 is 0 Å². The van der Waals surface area contributed by atoms with E-state index in [1.807, 2.05) is 63.3 Å². The van der Waals surface area contributed by atoms with Crippen LogP contribution in [-0.2, 0) is 12.2 Å². The zero-order valence-corrected chi connectivity index (χ0v) is 16.4. The molecule has 2 rings (SSSR count). The summed E-state index contributed by atoms with van der Waals surface area (Å²) in [6, 6.07) is 9.80. The third-order valence-corrected chi connectivity index (χ3v) is 4.87. The van der Waals surface area contributed by atoms with Crippen LogP contribution in [0.3, 0.4) is 0 Å². The number of nitrogens with zero attached hydrogens (tertiary/aromatic N) is 4. The molecule has 134 valence electrons. The Balaban J connectivity index is 2.06. The number of aromatic nitrogens is 2. The van der Waals surface area contributed by atoms with E-state index in [0.29, 0.717) is 6.54 Å². The summed E-state index contributed by atoms with van der Waals surface area (Å²) in [7, 11) is 5.78. The predicted molar refractivity (Wildman–Crippen MR) is 104 cm³/mol. The first-order valence-electron chi connectivity index (χ1n) is 8.47. The molecule has 0 aliphatic carbocycles. The Morgan fingerprint density at radius 2 is 1.76 bits per heavy atom. The Kier molecular flexibility index (Phi) is 6.82. The van der Waals surface area contributed by atoms with Crippen molar-refractivity contribution >= 4 is 23.5 Å². The molecule has 0 fully saturated rings. The van der Waals surface area contributed by atoms with E-state index < -0.39 is 0 Å². The van der Waals surface area contributed by atoms with Gasteiger partial charge in [0.15, 0.2) is 5.16 Å². The lowest BCUT2D eigenvalue weighted by Crippen LogP contribution is -2.26. The molecule has 2 aromatic rings. The van der Waals surface area contributed by atoms with Gasteiger partial charge in [-0.1, -0.05) is 30.8 Å². The fraction of sp³-hybridized carbons (Fsp3) is 0.421. The van der Waals surface area contributed by atoms with Crippen LogP contribution in [0, 0.1) is 0 Å². The lowest BCUT2D eigenvalue weighted by molar-refractivity contribution is 0.0802. The highest BCUT2D eigenvalue weighted by Crippen LogP contribution is 2.23. The molecule has 1 aromatic heterocycles. The van der Waals surface area contributed by atoms with Gasteiger partial charge < -0.3 is 9.80 Å². The molecule has 5 nitrogen and oxygen atoms in total. The van der Waals surface area contributed by atoms with Gasteiger partial charge >= 0.3 is 0 Å². The molecule has 0 aliphatic heterocycles. The molecule has 0 saturated heterocycles. The number of anilines is 1. The Labute approximate surface area is 154 Å². The average Bonchev–Trinajstić information content (AvgIpc) is 2.65. The minimum atomic E-state index is 0.0521. The minimum Gasteiger partial charge on any atom is -0.363 e. The van der Waals surface area contributed by atoms with Gasteiger partial charge in [-0.05, 0) is 31.0 Å². The number of carbonyl (C=O) groups excluding carboxylic acids is 1. The van der Waals surface area contributed by atoms with Crippen molar-refractivity contribution in [3.05, 3.63) is 47.2 Å². The Bertz CT molecular complexity index is 716.